The Hall–Kier alpha value is -4.24. The summed E-state index contributed by atoms with van der Waals surface area (Å²) in [4.78, 5) is 13.3. The zero-order chi connectivity index (χ0) is 23.6. The van der Waals surface area contributed by atoms with E-state index >= 15 is 0 Å². The van der Waals surface area contributed by atoms with Crippen molar-refractivity contribution in [3.63, 3.8) is 0 Å². The number of fused-ring (bicyclic) bond motifs is 1. The van der Waals surface area contributed by atoms with E-state index < -0.39 is 0 Å². The molecule has 35 heavy (non-hydrogen) atoms. The van der Waals surface area contributed by atoms with Gasteiger partial charge in [0.1, 0.15) is 23.5 Å². The predicted molar refractivity (Wildman–Crippen MR) is 134 cm³/mol. The largest absolute Gasteiger partial charge is 0.497 e. The number of nitrogens with zero attached hydrogens (tertiary/aromatic N) is 6. The molecule has 1 aromatic carbocycles. The van der Waals surface area contributed by atoms with Gasteiger partial charge in [0.2, 0.25) is 0 Å². The predicted octanol–water partition coefficient (Wildman–Crippen LogP) is 3.49. The van der Waals surface area contributed by atoms with E-state index in [4.69, 9.17) is 4.74 Å². The highest BCUT2D eigenvalue weighted by Gasteiger charge is 2.17. The summed E-state index contributed by atoms with van der Waals surface area (Å²) in [5.41, 5.74) is 5.97. The van der Waals surface area contributed by atoms with Crippen LogP contribution in [0.25, 0.3) is 28.2 Å². The van der Waals surface area contributed by atoms with Gasteiger partial charge in [0, 0.05) is 62.2 Å². The molecule has 1 saturated heterocycles. The highest BCUT2D eigenvalue weighted by atomic mass is 16.5. The van der Waals surface area contributed by atoms with Crippen LogP contribution in [0.4, 0.5) is 5.82 Å². The molecule has 0 saturated carbocycles. The lowest BCUT2D eigenvalue weighted by Crippen LogP contribution is -2.44. The van der Waals surface area contributed by atoms with Crippen LogP contribution in [0.15, 0.2) is 73.6 Å². The summed E-state index contributed by atoms with van der Waals surface area (Å²) in [5, 5.41) is 11.2. The van der Waals surface area contributed by atoms with Crippen molar-refractivity contribution in [3.05, 3.63) is 79.1 Å². The number of hydrogen-bond acceptors (Lipinski definition) is 7. The van der Waals surface area contributed by atoms with Gasteiger partial charge in [0.05, 0.1) is 30.9 Å². The standard InChI is InChI=1S/C26H26N8O/c1-35-22-6-7-34-24(14-29-26(34)8-22)23-9-25(31-17-30-23)28-12-18-2-4-20(5-3-18)21-13-32-33(16-21)15-19-10-27-11-19/h2-9,13-14,16-17,19,27H,10-12,15H2,1H3,(H,28,30,31). The van der Waals surface area contributed by atoms with Gasteiger partial charge in [0.15, 0.2) is 0 Å². The van der Waals surface area contributed by atoms with Crippen LogP contribution in [-0.2, 0) is 13.1 Å². The minimum atomic E-state index is 0.662. The first-order valence-electron chi connectivity index (χ1n) is 11.6. The number of rotatable bonds is 8. The fourth-order valence-electron chi connectivity index (χ4n) is 4.23. The molecule has 0 bridgehead atoms. The molecule has 0 unspecified atom stereocenters. The number of nitrogens with one attached hydrogen (secondary N) is 2. The van der Waals surface area contributed by atoms with Gasteiger partial charge in [-0.05, 0) is 17.2 Å². The van der Waals surface area contributed by atoms with Crippen LogP contribution in [0.2, 0.25) is 0 Å². The maximum absolute atomic E-state index is 5.29. The van der Waals surface area contributed by atoms with Crippen molar-refractivity contribution in [2.75, 3.05) is 25.5 Å². The summed E-state index contributed by atoms with van der Waals surface area (Å²) in [6.45, 7) is 3.80. The molecule has 0 atom stereocenters. The third-order valence-electron chi connectivity index (χ3n) is 6.36. The smallest absolute Gasteiger partial charge is 0.140 e. The lowest BCUT2D eigenvalue weighted by atomic mass is 10.0. The summed E-state index contributed by atoms with van der Waals surface area (Å²) in [7, 11) is 1.65. The summed E-state index contributed by atoms with van der Waals surface area (Å²) < 4.78 is 9.32. The third kappa shape index (κ3) is 4.45. The fraction of sp³-hybridized carbons (Fsp3) is 0.231. The van der Waals surface area contributed by atoms with Gasteiger partial charge in [-0.2, -0.15) is 5.10 Å². The molecule has 0 radical (unpaired) electrons. The van der Waals surface area contributed by atoms with Crippen molar-refractivity contribution in [1.29, 1.82) is 0 Å². The monoisotopic (exact) mass is 466 g/mol. The van der Waals surface area contributed by atoms with E-state index in [-0.39, 0.29) is 0 Å². The van der Waals surface area contributed by atoms with E-state index in [1.807, 2.05) is 45.9 Å². The van der Waals surface area contributed by atoms with Crippen molar-refractivity contribution < 1.29 is 4.74 Å². The highest BCUT2D eigenvalue weighted by Crippen LogP contribution is 2.24. The topological polar surface area (TPSA) is 94.2 Å². The molecule has 4 aromatic heterocycles. The Morgan fingerprint density at radius 3 is 2.71 bits per heavy atom. The second kappa shape index (κ2) is 9.19. The van der Waals surface area contributed by atoms with Crippen molar-refractivity contribution in [2.24, 2.45) is 5.92 Å². The molecule has 9 nitrogen and oxygen atoms in total. The van der Waals surface area contributed by atoms with Crippen molar-refractivity contribution in [1.82, 2.24) is 34.4 Å². The minimum Gasteiger partial charge on any atom is -0.497 e. The van der Waals surface area contributed by atoms with Crippen LogP contribution < -0.4 is 15.4 Å². The molecule has 0 amide bonds. The number of ether oxygens (including phenoxy) is 1. The molecular weight excluding hydrogens is 440 g/mol. The summed E-state index contributed by atoms with van der Waals surface area (Å²) >= 11 is 0. The van der Waals surface area contributed by atoms with E-state index in [0.717, 1.165) is 53.8 Å². The van der Waals surface area contributed by atoms with Gasteiger partial charge in [-0.25, -0.2) is 15.0 Å². The zero-order valence-electron chi connectivity index (χ0n) is 19.4. The zero-order valence-corrected chi connectivity index (χ0v) is 19.4. The first-order chi connectivity index (χ1) is 17.2. The van der Waals surface area contributed by atoms with Crippen LogP contribution in [0.1, 0.15) is 5.56 Å². The molecule has 176 valence electrons. The molecule has 5 heterocycles. The number of methoxy groups -OCH3 is 1. The minimum absolute atomic E-state index is 0.662. The molecule has 5 aromatic rings. The van der Waals surface area contributed by atoms with Gasteiger partial charge in [-0.1, -0.05) is 24.3 Å². The van der Waals surface area contributed by atoms with Gasteiger partial charge < -0.3 is 15.4 Å². The number of imidazole rings is 1. The van der Waals surface area contributed by atoms with Crippen molar-refractivity contribution in [2.45, 2.75) is 13.1 Å². The van der Waals surface area contributed by atoms with Gasteiger partial charge in [-0.15, -0.1) is 0 Å². The van der Waals surface area contributed by atoms with Crippen molar-refractivity contribution in [3.8, 4) is 28.3 Å². The number of hydrogen-bond donors (Lipinski definition) is 2. The fourth-order valence-corrected chi connectivity index (χ4v) is 4.23. The van der Waals surface area contributed by atoms with E-state index in [1.165, 1.54) is 11.1 Å². The molecular formula is C26H26N8O. The second-order valence-corrected chi connectivity index (χ2v) is 8.75. The first kappa shape index (κ1) is 21.3. The molecule has 0 spiro atoms. The van der Waals surface area contributed by atoms with Crippen LogP contribution in [0, 0.1) is 5.92 Å². The maximum atomic E-state index is 5.29. The Balaban J connectivity index is 1.12. The van der Waals surface area contributed by atoms with Crippen LogP contribution in [0.5, 0.6) is 5.75 Å². The average molecular weight is 467 g/mol. The quantitative estimate of drug-likeness (QED) is 0.361. The SMILES string of the molecule is COc1ccn2c(-c3cc(NCc4ccc(-c5cnn(CC6CNC6)c5)cc4)ncn3)cnc2c1. The van der Waals surface area contributed by atoms with Crippen LogP contribution in [0.3, 0.4) is 0 Å². The Labute approximate surface area is 202 Å². The third-order valence-corrected chi connectivity index (χ3v) is 6.36. The number of aromatic nitrogens is 6. The molecule has 9 heteroatoms. The van der Waals surface area contributed by atoms with E-state index in [1.54, 1.807) is 13.4 Å². The molecule has 2 N–H and O–H groups in total. The summed E-state index contributed by atoms with van der Waals surface area (Å²) in [6.07, 6.45) is 9.38. The Morgan fingerprint density at radius 2 is 1.91 bits per heavy atom. The van der Waals surface area contributed by atoms with E-state index in [2.05, 4.69) is 61.1 Å². The Morgan fingerprint density at radius 1 is 1.03 bits per heavy atom. The van der Waals surface area contributed by atoms with Gasteiger partial charge in [0.25, 0.3) is 0 Å². The van der Waals surface area contributed by atoms with E-state index in [0.29, 0.717) is 12.5 Å². The summed E-state index contributed by atoms with van der Waals surface area (Å²) in [6, 6.07) is 14.3. The number of pyridine rings is 1. The number of benzene rings is 1. The molecule has 0 aliphatic carbocycles. The second-order valence-electron chi connectivity index (χ2n) is 8.75. The molecule has 1 aliphatic heterocycles. The highest BCUT2D eigenvalue weighted by molar-refractivity contribution is 5.64. The van der Waals surface area contributed by atoms with E-state index in [9.17, 15) is 0 Å². The van der Waals surface area contributed by atoms with Gasteiger partial charge >= 0.3 is 0 Å². The first-order valence-corrected chi connectivity index (χ1v) is 11.6. The average Bonchev–Trinajstić information content (AvgIpc) is 3.52. The Kier molecular flexibility index (Phi) is 5.59. The van der Waals surface area contributed by atoms with Crippen LogP contribution >= 0.6 is 0 Å². The summed E-state index contributed by atoms with van der Waals surface area (Å²) in [5.74, 6) is 2.22. The lowest BCUT2D eigenvalue weighted by molar-refractivity contribution is 0.295. The van der Waals surface area contributed by atoms with Crippen LogP contribution in [-0.4, -0.2) is 49.3 Å². The molecule has 6 rings (SSSR count). The molecule has 1 fully saturated rings. The maximum Gasteiger partial charge on any atom is 0.140 e. The number of anilines is 1. The normalized spacial score (nSPS) is 13.6. The van der Waals surface area contributed by atoms with Crippen molar-refractivity contribution >= 4 is 11.5 Å². The lowest BCUT2D eigenvalue weighted by Gasteiger charge is -2.26. The van der Waals surface area contributed by atoms with Gasteiger partial charge in [-0.3, -0.25) is 9.08 Å². The molecule has 1 aliphatic rings. The Bertz CT molecular complexity index is 1450.